The largest absolute Gasteiger partial charge is 0.479 e. The molecule has 9 heteroatoms. The molecule has 182 valence electrons. The molecule has 2 aromatic rings. The zero-order valence-corrected chi connectivity index (χ0v) is 19.2. The van der Waals surface area contributed by atoms with Crippen LogP contribution in [0.4, 0.5) is 4.79 Å². The van der Waals surface area contributed by atoms with Crippen LogP contribution in [0.2, 0.25) is 0 Å². The van der Waals surface area contributed by atoms with E-state index >= 15 is 0 Å². The van der Waals surface area contributed by atoms with E-state index in [1.54, 1.807) is 0 Å². The van der Waals surface area contributed by atoms with Crippen LogP contribution in [0.3, 0.4) is 0 Å². The number of nitrogens with zero attached hydrogens (tertiary/aromatic N) is 2. The van der Waals surface area contributed by atoms with Gasteiger partial charge < -0.3 is 24.8 Å². The lowest BCUT2D eigenvalue weighted by molar-refractivity contribution is -0.160. The first-order chi connectivity index (χ1) is 17.0. The van der Waals surface area contributed by atoms with Crippen LogP contribution in [-0.4, -0.2) is 66.4 Å². The number of carbonyl (C=O) groups is 3. The van der Waals surface area contributed by atoms with Gasteiger partial charge in [0.1, 0.15) is 12.6 Å². The van der Waals surface area contributed by atoms with E-state index in [-0.39, 0.29) is 45.1 Å². The number of hydrogen-bond acceptors (Lipinski definition) is 6. The first-order valence-electron chi connectivity index (χ1n) is 11.6. The van der Waals surface area contributed by atoms with Gasteiger partial charge in [-0.25, -0.2) is 9.59 Å². The van der Waals surface area contributed by atoms with E-state index in [0.717, 1.165) is 22.3 Å². The van der Waals surface area contributed by atoms with Crippen molar-refractivity contribution < 1.29 is 29.0 Å². The highest BCUT2D eigenvalue weighted by molar-refractivity contribution is 5.86. The quantitative estimate of drug-likeness (QED) is 0.559. The van der Waals surface area contributed by atoms with Gasteiger partial charge in [0.2, 0.25) is 5.91 Å². The molecule has 2 aromatic carbocycles. The summed E-state index contributed by atoms with van der Waals surface area (Å²) in [5.41, 5.74) is 4.39. The summed E-state index contributed by atoms with van der Waals surface area (Å²) in [5.74, 6) is -1.67. The van der Waals surface area contributed by atoms with Crippen molar-refractivity contribution in [2.45, 2.75) is 37.3 Å². The smallest absolute Gasteiger partial charge is 0.407 e. The van der Waals surface area contributed by atoms with Crippen molar-refractivity contribution in [2.24, 2.45) is 0 Å². The fraction of sp³-hybridized carbons (Fsp3) is 0.385. The monoisotopic (exact) mass is 477 g/mol. The molecule has 9 nitrogen and oxygen atoms in total. The summed E-state index contributed by atoms with van der Waals surface area (Å²) in [6.07, 6.45) is -0.960. The number of hydrogen-bond donors (Lipinski definition) is 2. The molecule has 2 unspecified atom stereocenters. The molecule has 2 atom stereocenters. The van der Waals surface area contributed by atoms with Crippen LogP contribution < -0.4 is 5.32 Å². The number of carbonyl (C=O) groups excluding carboxylic acids is 2. The van der Waals surface area contributed by atoms with Crippen LogP contribution in [0, 0.1) is 11.3 Å². The van der Waals surface area contributed by atoms with Crippen molar-refractivity contribution in [2.75, 3.05) is 26.3 Å². The average Bonchev–Trinajstić information content (AvgIpc) is 3.20. The van der Waals surface area contributed by atoms with Crippen molar-refractivity contribution in [1.82, 2.24) is 10.2 Å². The molecule has 4 rings (SSSR count). The molecule has 1 aliphatic heterocycles. The van der Waals surface area contributed by atoms with Crippen molar-refractivity contribution in [1.29, 1.82) is 5.26 Å². The second kappa shape index (κ2) is 11.0. The van der Waals surface area contributed by atoms with Crippen LogP contribution in [0.25, 0.3) is 11.1 Å². The summed E-state index contributed by atoms with van der Waals surface area (Å²) < 4.78 is 10.8. The van der Waals surface area contributed by atoms with Gasteiger partial charge in [-0.15, -0.1) is 0 Å². The third-order valence-electron chi connectivity index (χ3n) is 6.37. The molecule has 2 amide bonds. The van der Waals surface area contributed by atoms with Gasteiger partial charge in [0, 0.05) is 18.9 Å². The van der Waals surface area contributed by atoms with Gasteiger partial charge in [-0.3, -0.25) is 4.79 Å². The lowest BCUT2D eigenvalue weighted by Crippen LogP contribution is -2.55. The molecule has 2 aliphatic rings. The second-order valence-electron chi connectivity index (χ2n) is 8.55. The highest BCUT2D eigenvalue weighted by Gasteiger charge is 2.34. The van der Waals surface area contributed by atoms with Crippen molar-refractivity contribution in [3.8, 4) is 17.2 Å². The first-order valence-corrected chi connectivity index (χ1v) is 11.6. The summed E-state index contributed by atoms with van der Waals surface area (Å²) in [7, 11) is 0. The summed E-state index contributed by atoms with van der Waals surface area (Å²) in [5, 5.41) is 20.7. The topological polar surface area (TPSA) is 129 Å². The number of ether oxygens (including phenoxy) is 2. The van der Waals surface area contributed by atoms with Crippen molar-refractivity contribution in [3.63, 3.8) is 0 Å². The van der Waals surface area contributed by atoms with Gasteiger partial charge in [-0.05, 0) is 35.1 Å². The van der Waals surface area contributed by atoms with E-state index < -0.39 is 30.1 Å². The third kappa shape index (κ3) is 5.44. The van der Waals surface area contributed by atoms with E-state index in [1.807, 2.05) is 54.6 Å². The molecular formula is C26H27N3O6. The van der Waals surface area contributed by atoms with Crippen LogP contribution in [0.15, 0.2) is 48.5 Å². The van der Waals surface area contributed by atoms with Gasteiger partial charge >= 0.3 is 12.1 Å². The van der Waals surface area contributed by atoms with Gasteiger partial charge in [-0.2, -0.15) is 5.26 Å². The molecule has 0 bridgehead atoms. The van der Waals surface area contributed by atoms with Gasteiger partial charge in [0.15, 0.2) is 6.10 Å². The number of amides is 2. The summed E-state index contributed by atoms with van der Waals surface area (Å²) in [4.78, 5) is 38.5. The number of nitrogens with one attached hydrogen (secondary N) is 1. The molecular weight excluding hydrogens is 450 g/mol. The van der Waals surface area contributed by atoms with Gasteiger partial charge in [-0.1, -0.05) is 48.5 Å². The predicted molar refractivity (Wildman–Crippen MR) is 125 cm³/mol. The Morgan fingerprint density at radius 2 is 1.80 bits per heavy atom. The Morgan fingerprint density at radius 3 is 2.43 bits per heavy atom. The molecule has 0 aromatic heterocycles. The summed E-state index contributed by atoms with van der Waals surface area (Å²) >= 11 is 0. The minimum atomic E-state index is -1.15. The Hall–Kier alpha value is -3.90. The Kier molecular flexibility index (Phi) is 7.63. The Balaban J connectivity index is 1.41. The van der Waals surface area contributed by atoms with E-state index in [0.29, 0.717) is 6.42 Å². The molecule has 0 radical (unpaired) electrons. The van der Waals surface area contributed by atoms with E-state index in [9.17, 15) is 19.5 Å². The average molecular weight is 478 g/mol. The number of carboxylic acid groups (broad SMARTS) is 1. The van der Waals surface area contributed by atoms with Gasteiger partial charge in [0.05, 0.1) is 19.2 Å². The molecule has 0 saturated carbocycles. The third-order valence-corrected chi connectivity index (χ3v) is 6.37. The minimum absolute atomic E-state index is 0.0958. The number of nitriles is 1. The van der Waals surface area contributed by atoms with E-state index in [4.69, 9.17) is 14.7 Å². The number of fused-ring (bicyclic) bond motifs is 3. The Labute approximate surface area is 203 Å². The Bertz CT molecular complexity index is 1100. The Morgan fingerprint density at radius 1 is 1.14 bits per heavy atom. The molecule has 0 spiro atoms. The van der Waals surface area contributed by atoms with Crippen molar-refractivity contribution in [3.05, 3.63) is 59.7 Å². The van der Waals surface area contributed by atoms with Crippen molar-refractivity contribution >= 4 is 18.0 Å². The fourth-order valence-corrected chi connectivity index (χ4v) is 4.64. The van der Waals surface area contributed by atoms with Crippen LogP contribution in [-0.2, 0) is 19.1 Å². The molecule has 1 heterocycles. The maximum Gasteiger partial charge on any atom is 0.407 e. The highest BCUT2D eigenvalue weighted by atomic mass is 16.5. The molecule has 2 N–H and O–H groups in total. The minimum Gasteiger partial charge on any atom is -0.479 e. The number of aliphatic carboxylic acids is 1. The van der Waals surface area contributed by atoms with Crippen LogP contribution in [0.1, 0.15) is 36.3 Å². The number of benzene rings is 2. The highest BCUT2D eigenvalue weighted by Crippen LogP contribution is 2.44. The number of alkyl carbamates (subject to hydrolysis) is 1. The van der Waals surface area contributed by atoms with E-state index in [2.05, 4.69) is 5.32 Å². The van der Waals surface area contributed by atoms with Crippen LogP contribution >= 0.6 is 0 Å². The first kappa shape index (κ1) is 24.2. The molecule has 1 aliphatic carbocycles. The summed E-state index contributed by atoms with van der Waals surface area (Å²) in [6, 6.07) is 17.1. The SMILES string of the molecule is N#CCCCC(NC(=O)OCC1c2ccccc2-c2ccccc21)C(=O)N1CCOC(C(=O)O)C1. The molecule has 35 heavy (non-hydrogen) atoms. The molecule has 1 fully saturated rings. The van der Waals surface area contributed by atoms with E-state index in [1.165, 1.54) is 4.90 Å². The second-order valence-corrected chi connectivity index (χ2v) is 8.55. The number of morpholine rings is 1. The maximum absolute atomic E-state index is 13.1. The van der Waals surface area contributed by atoms with Crippen LogP contribution in [0.5, 0.6) is 0 Å². The zero-order chi connectivity index (χ0) is 24.8. The lowest BCUT2D eigenvalue weighted by Gasteiger charge is -2.33. The predicted octanol–water partition coefficient (Wildman–Crippen LogP) is 2.90. The fourth-order valence-electron chi connectivity index (χ4n) is 4.64. The van der Waals surface area contributed by atoms with Gasteiger partial charge in [0.25, 0.3) is 0 Å². The number of carboxylic acids is 1. The lowest BCUT2D eigenvalue weighted by atomic mass is 9.98. The standard InChI is InChI=1S/C26H27N3O6/c27-12-6-5-11-22(24(30)29-13-14-34-23(15-29)25(31)32)28-26(33)35-16-21-19-9-3-1-7-17(19)18-8-2-4-10-20(18)21/h1-4,7-10,21-23H,5-6,11,13-16H2,(H,28,33)(H,31,32). The number of unbranched alkanes of at least 4 members (excludes halogenated alkanes) is 1. The molecule has 1 saturated heterocycles. The zero-order valence-electron chi connectivity index (χ0n) is 19.2. The maximum atomic E-state index is 13.1. The summed E-state index contributed by atoms with van der Waals surface area (Å²) in [6.45, 7) is 0.329. The number of rotatable bonds is 8. The normalized spacial score (nSPS) is 17.6.